The molecule has 0 saturated heterocycles. The summed E-state index contributed by atoms with van der Waals surface area (Å²) in [4.78, 5) is 28.8. The molecule has 0 saturated carbocycles. The van der Waals surface area contributed by atoms with Gasteiger partial charge in [-0.15, -0.1) is 0 Å². The molecule has 3 aromatic rings. The topological polar surface area (TPSA) is 114 Å². The van der Waals surface area contributed by atoms with Gasteiger partial charge in [-0.2, -0.15) is 0 Å². The van der Waals surface area contributed by atoms with Crippen LogP contribution in [0.3, 0.4) is 0 Å². The van der Waals surface area contributed by atoms with Crippen molar-refractivity contribution in [2.24, 2.45) is 0 Å². The predicted molar refractivity (Wildman–Crippen MR) is 143 cm³/mol. The van der Waals surface area contributed by atoms with Crippen LogP contribution in [0, 0.1) is 6.92 Å². The highest BCUT2D eigenvalue weighted by atomic mass is 16.5. The molecule has 1 aromatic heterocycles. The van der Waals surface area contributed by atoms with Gasteiger partial charge >= 0.3 is 0 Å². The smallest absolute Gasteiger partial charge is 0.259 e. The van der Waals surface area contributed by atoms with Crippen LogP contribution in [-0.4, -0.2) is 63.6 Å². The van der Waals surface area contributed by atoms with Crippen molar-refractivity contribution in [3.05, 3.63) is 71.4 Å². The average molecular weight is 508 g/mol. The number of ether oxygens (including phenoxy) is 3. The number of pyridine rings is 1. The van der Waals surface area contributed by atoms with Gasteiger partial charge in [0.15, 0.2) is 17.8 Å². The number of amides is 2. The number of likely N-dealkylation sites (N-methyl/N-ethyl adjacent to an activating group) is 1. The number of nitrogens with zero attached hydrogens (tertiary/aromatic N) is 2. The Hall–Kier alpha value is -4.31. The Morgan fingerprint density at radius 2 is 1.97 bits per heavy atom. The van der Waals surface area contributed by atoms with Gasteiger partial charge in [0.2, 0.25) is 6.41 Å². The molecular formula is C27H33N5O5. The zero-order valence-corrected chi connectivity index (χ0v) is 21.7. The summed E-state index contributed by atoms with van der Waals surface area (Å²) >= 11 is 0. The maximum atomic E-state index is 12.8. The molecule has 2 amide bonds. The van der Waals surface area contributed by atoms with Crippen LogP contribution >= 0.6 is 0 Å². The number of benzene rings is 2. The van der Waals surface area contributed by atoms with Gasteiger partial charge in [0, 0.05) is 36.6 Å². The van der Waals surface area contributed by atoms with Crippen molar-refractivity contribution in [3.8, 4) is 17.2 Å². The van der Waals surface area contributed by atoms with Gasteiger partial charge in [0.25, 0.3) is 5.91 Å². The molecule has 10 heteroatoms. The Bertz CT molecular complexity index is 1190. The lowest BCUT2D eigenvalue weighted by molar-refractivity contribution is -0.109. The first kappa shape index (κ1) is 27.3. The van der Waals surface area contributed by atoms with E-state index >= 15 is 0 Å². The summed E-state index contributed by atoms with van der Waals surface area (Å²) in [5.74, 6) is 2.19. The van der Waals surface area contributed by atoms with Gasteiger partial charge < -0.3 is 35.1 Å². The van der Waals surface area contributed by atoms with E-state index < -0.39 is 0 Å². The highest BCUT2D eigenvalue weighted by molar-refractivity contribution is 6.06. The maximum Gasteiger partial charge on any atom is 0.259 e. The number of hydrogen-bond acceptors (Lipinski definition) is 8. The van der Waals surface area contributed by atoms with Gasteiger partial charge in [0.1, 0.15) is 11.5 Å². The van der Waals surface area contributed by atoms with E-state index in [1.807, 2.05) is 56.3 Å². The molecule has 1 aliphatic rings. The molecule has 0 aliphatic carbocycles. The summed E-state index contributed by atoms with van der Waals surface area (Å²) in [6, 6.07) is 14.6. The van der Waals surface area contributed by atoms with Crippen LogP contribution in [0.1, 0.15) is 27.7 Å². The quantitative estimate of drug-likeness (QED) is 0.298. The minimum Gasteiger partial charge on any atom is -0.497 e. The third kappa shape index (κ3) is 7.58. The van der Waals surface area contributed by atoms with Crippen LogP contribution in [0.5, 0.6) is 17.2 Å². The second-order valence-corrected chi connectivity index (χ2v) is 8.52. The molecule has 2 aromatic carbocycles. The fourth-order valence-electron chi connectivity index (χ4n) is 3.59. The number of carbonyl (C=O) groups excluding carboxylic acids is 2. The first-order chi connectivity index (χ1) is 17.8. The summed E-state index contributed by atoms with van der Waals surface area (Å²) in [5.41, 5.74) is 2.97. The monoisotopic (exact) mass is 507 g/mol. The number of fused-ring (bicyclic) bond motifs is 1. The lowest BCUT2D eigenvalue weighted by atomic mass is 10.1. The third-order valence-electron chi connectivity index (χ3n) is 5.38. The van der Waals surface area contributed by atoms with E-state index in [2.05, 4.69) is 20.9 Å². The lowest BCUT2D eigenvalue weighted by Gasteiger charge is -2.15. The molecule has 4 rings (SSSR count). The molecule has 1 unspecified atom stereocenters. The van der Waals surface area contributed by atoms with E-state index in [0.29, 0.717) is 40.7 Å². The van der Waals surface area contributed by atoms with Gasteiger partial charge in [-0.25, -0.2) is 4.98 Å². The highest BCUT2D eigenvalue weighted by Crippen LogP contribution is 2.36. The summed E-state index contributed by atoms with van der Waals surface area (Å²) in [6.45, 7) is 3.60. The molecule has 196 valence electrons. The fourth-order valence-corrected chi connectivity index (χ4v) is 3.59. The maximum absolute atomic E-state index is 12.8. The molecule has 37 heavy (non-hydrogen) atoms. The van der Waals surface area contributed by atoms with Crippen molar-refractivity contribution in [2.75, 3.05) is 52.0 Å². The first-order valence-corrected chi connectivity index (χ1v) is 11.7. The Kier molecular flexibility index (Phi) is 9.68. The summed E-state index contributed by atoms with van der Waals surface area (Å²) < 4.78 is 16.5. The standard InChI is InChI=1S/C22H21N3O4.C5H12N2O/c1-13-9-14(22-25-20-18(29-22)5-4-8-23-20)11-15(10-13)24-21(26)17-7-6-16(27-2)12-19(17)28-3;1-7(2)4-3-6-5-8/h4-12,22H,1-3H3,(H,23,25)(H,24,26);5H,3-4H2,1-2H3,(H,6,8). The van der Waals surface area contributed by atoms with Gasteiger partial charge in [-0.05, 0) is 63.0 Å². The Labute approximate surface area is 216 Å². The van der Waals surface area contributed by atoms with Crippen LogP contribution in [0.15, 0.2) is 54.7 Å². The second-order valence-electron chi connectivity index (χ2n) is 8.52. The van der Waals surface area contributed by atoms with E-state index in [-0.39, 0.29) is 12.1 Å². The normalized spacial score (nSPS) is 13.3. The van der Waals surface area contributed by atoms with E-state index in [0.717, 1.165) is 24.2 Å². The Morgan fingerprint density at radius 3 is 2.65 bits per heavy atom. The van der Waals surface area contributed by atoms with Gasteiger partial charge in [-0.3, -0.25) is 9.59 Å². The van der Waals surface area contributed by atoms with E-state index in [1.54, 1.807) is 31.5 Å². The summed E-state index contributed by atoms with van der Waals surface area (Å²) in [5, 5.41) is 8.74. The molecule has 0 radical (unpaired) electrons. The van der Waals surface area contributed by atoms with Gasteiger partial charge in [0.05, 0.1) is 19.8 Å². The largest absolute Gasteiger partial charge is 0.497 e. The highest BCUT2D eigenvalue weighted by Gasteiger charge is 2.25. The van der Waals surface area contributed by atoms with E-state index in [4.69, 9.17) is 14.2 Å². The fraction of sp³-hybridized carbons (Fsp3) is 0.296. The van der Waals surface area contributed by atoms with Crippen molar-refractivity contribution in [1.82, 2.24) is 15.2 Å². The molecule has 10 nitrogen and oxygen atoms in total. The van der Waals surface area contributed by atoms with E-state index in [1.165, 1.54) is 7.11 Å². The van der Waals surface area contributed by atoms with Crippen molar-refractivity contribution >= 4 is 23.8 Å². The van der Waals surface area contributed by atoms with Crippen molar-refractivity contribution in [2.45, 2.75) is 13.2 Å². The predicted octanol–water partition coefficient (Wildman–Crippen LogP) is 3.46. The van der Waals surface area contributed by atoms with Crippen LogP contribution in [-0.2, 0) is 4.79 Å². The average Bonchev–Trinajstić information content (AvgIpc) is 3.33. The SMILES string of the molecule is CN(C)CCNC=O.COc1ccc(C(=O)Nc2cc(C)cc(C3Nc4ncccc4O3)c2)c(OC)c1. The number of nitrogens with one attached hydrogen (secondary N) is 3. The second kappa shape index (κ2) is 13.1. The Morgan fingerprint density at radius 1 is 1.16 bits per heavy atom. The zero-order valence-electron chi connectivity index (χ0n) is 21.7. The number of hydrogen-bond donors (Lipinski definition) is 3. The first-order valence-electron chi connectivity index (χ1n) is 11.7. The molecule has 0 spiro atoms. The van der Waals surface area contributed by atoms with E-state index in [9.17, 15) is 9.59 Å². The third-order valence-corrected chi connectivity index (χ3v) is 5.38. The molecule has 3 N–H and O–H groups in total. The minimum atomic E-state index is -0.369. The van der Waals surface area contributed by atoms with Crippen LogP contribution in [0.25, 0.3) is 0 Å². The lowest BCUT2D eigenvalue weighted by Crippen LogP contribution is -2.25. The van der Waals surface area contributed by atoms with Crippen molar-refractivity contribution in [1.29, 1.82) is 0 Å². The number of anilines is 2. The number of rotatable bonds is 9. The Balaban J connectivity index is 0.000000414. The van der Waals surface area contributed by atoms with Crippen molar-refractivity contribution in [3.63, 3.8) is 0 Å². The summed E-state index contributed by atoms with van der Waals surface area (Å²) in [7, 11) is 7.01. The number of aromatic nitrogens is 1. The van der Waals surface area contributed by atoms with Crippen molar-refractivity contribution < 1.29 is 23.8 Å². The zero-order chi connectivity index (χ0) is 26.8. The van der Waals surface area contributed by atoms with Crippen LogP contribution in [0.4, 0.5) is 11.5 Å². The number of methoxy groups -OCH3 is 2. The molecule has 1 atom stereocenters. The minimum absolute atomic E-state index is 0.272. The van der Waals surface area contributed by atoms with Crippen LogP contribution in [0.2, 0.25) is 0 Å². The molecule has 0 bridgehead atoms. The number of carbonyl (C=O) groups is 2. The van der Waals surface area contributed by atoms with Crippen LogP contribution < -0.4 is 30.2 Å². The molecular weight excluding hydrogens is 474 g/mol. The summed E-state index contributed by atoms with van der Waals surface area (Å²) in [6.07, 6.45) is 2.05. The molecule has 0 fully saturated rings. The molecule has 2 heterocycles. The number of aryl methyl sites for hydroxylation is 1. The molecule has 1 aliphatic heterocycles. The van der Waals surface area contributed by atoms with Gasteiger partial charge in [-0.1, -0.05) is 6.07 Å².